The lowest BCUT2D eigenvalue weighted by atomic mass is 10.2. The SMILES string of the molecule is Cc1ccc(NCc2cc(Br)c(Cl)s2)cc1Br. The van der Waals surface area contributed by atoms with Crippen LogP contribution in [0.3, 0.4) is 0 Å². The van der Waals surface area contributed by atoms with Gasteiger partial charge in [0.15, 0.2) is 0 Å². The third-order valence-electron chi connectivity index (χ3n) is 2.33. The number of hydrogen-bond acceptors (Lipinski definition) is 2. The Morgan fingerprint density at radius 2 is 2.00 bits per heavy atom. The molecule has 0 aliphatic carbocycles. The van der Waals surface area contributed by atoms with Gasteiger partial charge in [0.05, 0.1) is 0 Å². The van der Waals surface area contributed by atoms with Gasteiger partial charge in [-0.2, -0.15) is 0 Å². The fraction of sp³-hybridized carbons (Fsp3) is 0.167. The Hall–Kier alpha value is -0.0300. The van der Waals surface area contributed by atoms with Crippen molar-refractivity contribution in [1.29, 1.82) is 0 Å². The van der Waals surface area contributed by atoms with Crippen LogP contribution in [0.5, 0.6) is 0 Å². The van der Waals surface area contributed by atoms with E-state index in [9.17, 15) is 0 Å². The maximum Gasteiger partial charge on any atom is 0.107 e. The highest BCUT2D eigenvalue weighted by Gasteiger charge is 2.04. The van der Waals surface area contributed by atoms with E-state index < -0.39 is 0 Å². The van der Waals surface area contributed by atoms with Gasteiger partial charge in [0, 0.05) is 26.1 Å². The Kier molecular flexibility index (Phi) is 4.53. The van der Waals surface area contributed by atoms with Gasteiger partial charge in [-0.25, -0.2) is 0 Å². The molecule has 17 heavy (non-hydrogen) atoms. The fourth-order valence-electron chi connectivity index (χ4n) is 1.37. The first kappa shape index (κ1) is 13.4. The molecule has 0 bridgehead atoms. The van der Waals surface area contributed by atoms with Crippen LogP contribution in [-0.4, -0.2) is 0 Å². The number of rotatable bonds is 3. The highest BCUT2D eigenvalue weighted by Crippen LogP contribution is 2.32. The highest BCUT2D eigenvalue weighted by atomic mass is 79.9. The molecule has 1 nitrogen and oxygen atoms in total. The number of nitrogens with one attached hydrogen (secondary N) is 1. The van der Waals surface area contributed by atoms with E-state index in [-0.39, 0.29) is 0 Å². The van der Waals surface area contributed by atoms with E-state index in [1.165, 1.54) is 10.4 Å². The summed E-state index contributed by atoms with van der Waals surface area (Å²) in [7, 11) is 0. The molecular formula is C12H10Br2ClNS. The zero-order chi connectivity index (χ0) is 12.4. The minimum absolute atomic E-state index is 0.783. The molecule has 0 aliphatic rings. The van der Waals surface area contributed by atoms with Gasteiger partial charge in [-0.05, 0) is 46.6 Å². The molecule has 0 saturated heterocycles. The van der Waals surface area contributed by atoms with Crippen LogP contribution < -0.4 is 5.32 Å². The Morgan fingerprint density at radius 1 is 1.24 bits per heavy atom. The van der Waals surface area contributed by atoms with Crippen LogP contribution in [0, 0.1) is 6.92 Å². The summed E-state index contributed by atoms with van der Waals surface area (Å²) in [6, 6.07) is 8.29. The largest absolute Gasteiger partial charge is 0.380 e. The van der Waals surface area contributed by atoms with E-state index in [0.717, 1.165) is 25.5 Å². The molecule has 0 unspecified atom stereocenters. The number of aryl methyl sites for hydroxylation is 1. The average molecular weight is 396 g/mol. The van der Waals surface area contributed by atoms with Crippen molar-refractivity contribution in [2.45, 2.75) is 13.5 Å². The van der Waals surface area contributed by atoms with E-state index in [2.05, 4.69) is 62.3 Å². The summed E-state index contributed by atoms with van der Waals surface area (Å²) in [6.45, 7) is 2.86. The van der Waals surface area contributed by atoms with Gasteiger partial charge in [-0.3, -0.25) is 0 Å². The molecule has 2 rings (SSSR count). The van der Waals surface area contributed by atoms with Gasteiger partial charge >= 0.3 is 0 Å². The predicted molar refractivity (Wildman–Crippen MR) is 83.2 cm³/mol. The number of hydrogen-bond donors (Lipinski definition) is 1. The summed E-state index contributed by atoms with van der Waals surface area (Å²) in [4.78, 5) is 1.21. The smallest absolute Gasteiger partial charge is 0.107 e. The van der Waals surface area contributed by atoms with Gasteiger partial charge in [-0.15, -0.1) is 11.3 Å². The molecule has 0 aliphatic heterocycles. The normalized spacial score (nSPS) is 10.6. The van der Waals surface area contributed by atoms with E-state index in [1.54, 1.807) is 11.3 Å². The zero-order valence-electron chi connectivity index (χ0n) is 9.06. The van der Waals surface area contributed by atoms with Crippen LogP contribution in [0.15, 0.2) is 33.2 Å². The monoisotopic (exact) mass is 393 g/mol. The molecule has 90 valence electrons. The first-order chi connectivity index (χ1) is 8.06. The molecular weight excluding hydrogens is 385 g/mol. The Balaban J connectivity index is 2.04. The van der Waals surface area contributed by atoms with Crippen molar-refractivity contribution >= 4 is 60.5 Å². The molecule has 0 atom stereocenters. The number of benzene rings is 1. The lowest BCUT2D eigenvalue weighted by Crippen LogP contribution is -1.97. The van der Waals surface area contributed by atoms with Crippen LogP contribution in [0.2, 0.25) is 4.34 Å². The highest BCUT2D eigenvalue weighted by molar-refractivity contribution is 9.10. The van der Waals surface area contributed by atoms with Crippen molar-refractivity contribution in [3.63, 3.8) is 0 Å². The molecule has 2 aromatic rings. The minimum atomic E-state index is 0.783. The van der Waals surface area contributed by atoms with E-state index in [1.807, 2.05) is 6.07 Å². The summed E-state index contributed by atoms with van der Waals surface area (Å²) in [5, 5.41) is 3.37. The van der Waals surface area contributed by atoms with E-state index in [0.29, 0.717) is 0 Å². The summed E-state index contributed by atoms with van der Waals surface area (Å²) in [5.41, 5.74) is 2.33. The van der Waals surface area contributed by atoms with Gasteiger partial charge in [0.2, 0.25) is 0 Å². The van der Waals surface area contributed by atoms with Crippen LogP contribution in [0.4, 0.5) is 5.69 Å². The molecule has 0 spiro atoms. The first-order valence-electron chi connectivity index (χ1n) is 5.00. The second kappa shape index (κ2) is 5.74. The quantitative estimate of drug-likeness (QED) is 0.688. The van der Waals surface area contributed by atoms with Crippen molar-refractivity contribution in [2.24, 2.45) is 0 Å². The molecule has 0 amide bonds. The van der Waals surface area contributed by atoms with Crippen molar-refractivity contribution < 1.29 is 0 Å². The molecule has 1 aromatic heterocycles. The molecule has 0 radical (unpaired) electrons. The maximum absolute atomic E-state index is 5.99. The van der Waals surface area contributed by atoms with Crippen LogP contribution >= 0.6 is 54.8 Å². The lowest BCUT2D eigenvalue weighted by Gasteiger charge is -2.06. The van der Waals surface area contributed by atoms with E-state index in [4.69, 9.17) is 11.6 Å². The van der Waals surface area contributed by atoms with Crippen LogP contribution in [-0.2, 0) is 6.54 Å². The Labute approximate surface area is 126 Å². The third-order valence-corrected chi connectivity index (χ3v) is 5.66. The topological polar surface area (TPSA) is 12.0 Å². The molecule has 1 aromatic carbocycles. The van der Waals surface area contributed by atoms with Crippen molar-refractivity contribution in [1.82, 2.24) is 0 Å². The summed E-state index contributed by atoms with van der Waals surface area (Å²) in [5.74, 6) is 0. The second-order valence-corrected chi connectivity index (χ2v) is 7.10. The molecule has 1 heterocycles. The maximum atomic E-state index is 5.99. The van der Waals surface area contributed by atoms with Crippen LogP contribution in [0.25, 0.3) is 0 Å². The Bertz CT molecular complexity index is 520. The van der Waals surface area contributed by atoms with Gasteiger partial charge < -0.3 is 5.32 Å². The molecule has 1 N–H and O–H groups in total. The summed E-state index contributed by atoms with van der Waals surface area (Å²) in [6.07, 6.45) is 0. The fourth-order valence-corrected chi connectivity index (χ4v) is 3.48. The number of anilines is 1. The third kappa shape index (κ3) is 3.47. The molecule has 5 heteroatoms. The van der Waals surface area contributed by atoms with Crippen molar-refractivity contribution in [3.8, 4) is 0 Å². The van der Waals surface area contributed by atoms with Crippen molar-refractivity contribution in [2.75, 3.05) is 5.32 Å². The first-order valence-corrected chi connectivity index (χ1v) is 7.78. The van der Waals surface area contributed by atoms with Crippen LogP contribution in [0.1, 0.15) is 10.4 Å². The number of thiophene rings is 1. The summed E-state index contributed by atoms with van der Waals surface area (Å²) < 4.78 is 2.88. The van der Waals surface area contributed by atoms with Crippen molar-refractivity contribution in [3.05, 3.63) is 48.0 Å². The summed E-state index contributed by atoms with van der Waals surface area (Å²) >= 11 is 14.5. The zero-order valence-corrected chi connectivity index (χ0v) is 13.8. The second-order valence-electron chi connectivity index (χ2n) is 3.65. The van der Waals surface area contributed by atoms with E-state index >= 15 is 0 Å². The molecule has 0 saturated carbocycles. The average Bonchev–Trinajstić information content (AvgIpc) is 2.60. The standard InChI is InChI=1S/C12H10Br2ClNS/c1-7-2-3-8(4-10(7)13)16-6-9-5-11(14)12(15)17-9/h2-5,16H,6H2,1H3. The minimum Gasteiger partial charge on any atom is -0.380 e. The number of halogens is 3. The van der Waals surface area contributed by atoms with Gasteiger partial charge in [0.1, 0.15) is 4.34 Å². The Morgan fingerprint density at radius 3 is 2.59 bits per heavy atom. The predicted octanol–water partition coefficient (Wildman–Crippen LogP) is 5.85. The lowest BCUT2D eigenvalue weighted by molar-refractivity contribution is 1.19. The van der Waals surface area contributed by atoms with Gasteiger partial charge in [0.25, 0.3) is 0 Å². The molecule has 0 fully saturated rings. The van der Waals surface area contributed by atoms with Gasteiger partial charge in [-0.1, -0.05) is 33.6 Å².